The average Bonchev–Trinajstić information content (AvgIpc) is 2.81. The highest BCUT2D eigenvalue weighted by molar-refractivity contribution is 8.13. The van der Waals surface area contributed by atoms with Crippen LogP contribution >= 0.6 is 11.8 Å². The summed E-state index contributed by atoms with van der Waals surface area (Å²) in [6.45, 7) is 10.3. The van der Waals surface area contributed by atoms with Gasteiger partial charge in [0, 0.05) is 25.3 Å². The summed E-state index contributed by atoms with van der Waals surface area (Å²) in [5.74, 6) is 0.823. The van der Waals surface area contributed by atoms with Crippen LogP contribution in [0.1, 0.15) is 129 Å². The molecule has 34 heavy (non-hydrogen) atoms. The second-order valence-electron chi connectivity index (χ2n) is 9.94. The van der Waals surface area contributed by atoms with Crippen molar-refractivity contribution in [2.75, 3.05) is 25.4 Å². The van der Waals surface area contributed by atoms with Crippen molar-refractivity contribution in [3.05, 3.63) is 12.7 Å². The first-order valence-corrected chi connectivity index (χ1v) is 15.4. The Balaban J connectivity index is 4.33. The summed E-state index contributed by atoms with van der Waals surface area (Å²) < 4.78 is 0. The molecule has 0 aliphatic carbocycles. The minimum atomic E-state index is -0.330. The molecule has 202 valence electrons. The van der Waals surface area contributed by atoms with Crippen LogP contribution in [0.5, 0.6) is 0 Å². The molecule has 0 aliphatic heterocycles. The highest BCUT2D eigenvalue weighted by Gasteiger charge is 2.16. The van der Waals surface area contributed by atoms with E-state index in [9.17, 15) is 15.0 Å². The van der Waals surface area contributed by atoms with E-state index in [0.29, 0.717) is 19.5 Å². The molecule has 0 radical (unpaired) electrons. The average molecular weight is 500 g/mol. The number of aliphatic hydroxyl groups excluding tert-OH is 2. The fraction of sp³-hybridized carbons (Fsp3) is 0.897. The molecule has 0 bridgehead atoms. The summed E-state index contributed by atoms with van der Waals surface area (Å²) >= 11 is 1.41. The lowest BCUT2D eigenvalue weighted by molar-refractivity contribution is -0.111. The number of hydrogen-bond donors (Lipinski definition) is 2. The Morgan fingerprint density at radius 3 is 1.79 bits per heavy atom. The largest absolute Gasteiger partial charge is 0.392 e. The van der Waals surface area contributed by atoms with E-state index in [1.54, 1.807) is 0 Å². The number of carbonyl (C=O) groups is 1. The Morgan fingerprint density at radius 2 is 1.29 bits per heavy atom. The van der Waals surface area contributed by atoms with Gasteiger partial charge >= 0.3 is 0 Å². The molecule has 0 spiro atoms. The molecule has 0 saturated carbocycles. The molecule has 0 aromatic rings. The van der Waals surface area contributed by atoms with E-state index >= 15 is 0 Å². The number of allylic oxidation sites excluding steroid dienone is 1. The van der Waals surface area contributed by atoms with Gasteiger partial charge in [-0.3, -0.25) is 9.69 Å². The zero-order valence-corrected chi connectivity index (χ0v) is 23.5. The molecule has 0 rings (SSSR count). The highest BCUT2D eigenvalue weighted by atomic mass is 32.2. The normalized spacial score (nSPS) is 13.3. The molecule has 0 aliphatic rings. The second kappa shape index (κ2) is 25.7. The third kappa shape index (κ3) is 23.4. The summed E-state index contributed by atoms with van der Waals surface area (Å²) in [5.41, 5.74) is 0. The van der Waals surface area contributed by atoms with Gasteiger partial charge in [-0.15, -0.1) is 6.58 Å². The van der Waals surface area contributed by atoms with Crippen molar-refractivity contribution in [2.45, 2.75) is 142 Å². The summed E-state index contributed by atoms with van der Waals surface area (Å²) in [6.07, 6.45) is 21.0. The summed E-state index contributed by atoms with van der Waals surface area (Å²) in [5, 5.41) is 21.5. The van der Waals surface area contributed by atoms with Gasteiger partial charge in [-0.25, -0.2) is 0 Å². The topological polar surface area (TPSA) is 60.8 Å². The number of aliphatic hydroxyl groups is 2. The fourth-order valence-corrected chi connectivity index (χ4v) is 5.09. The van der Waals surface area contributed by atoms with Gasteiger partial charge < -0.3 is 10.2 Å². The molecule has 5 heteroatoms. The lowest BCUT2D eigenvalue weighted by Gasteiger charge is -2.27. The van der Waals surface area contributed by atoms with Gasteiger partial charge in [0.25, 0.3) is 0 Å². The third-order valence-corrected chi connectivity index (χ3v) is 7.38. The summed E-state index contributed by atoms with van der Waals surface area (Å²) in [4.78, 5) is 14.2. The standard InChI is InChI=1S/C29H57NO3S/c1-4-7-10-12-14-16-20-27(31)25-30(23-19-18-22-29(33)34-24-9-6-3)26-28(32)21-17-15-13-11-8-5-2/h6,27-28,31-32H,3-5,7-26H2,1-2H3. The predicted octanol–water partition coefficient (Wildman–Crippen LogP) is 7.52. The minimum absolute atomic E-state index is 0.264. The van der Waals surface area contributed by atoms with Crippen LogP contribution in [0, 0.1) is 0 Å². The second-order valence-corrected chi connectivity index (χ2v) is 11.1. The Bertz CT molecular complexity index is 437. The van der Waals surface area contributed by atoms with Gasteiger partial charge in [-0.1, -0.05) is 109 Å². The van der Waals surface area contributed by atoms with E-state index in [1.807, 2.05) is 6.08 Å². The van der Waals surface area contributed by atoms with Crippen molar-refractivity contribution in [3.8, 4) is 0 Å². The molecular formula is C29H57NO3S. The van der Waals surface area contributed by atoms with E-state index in [-0.39, 0.29) is 17.3 Å². The van der Waals surface area contributed by atoms with Gasteiger partial charge in [0.15, 0.2) is 5.12 Å². The number of rotatable bonds is 26. The minimum Gasteiger partial charge on any atom is -0.392 e. The molecule has 0 heterocycles. The monoisotopic (exact) mass is 499 g/mol. The molecule has 0 amide bonds. The van der Waals surface area contributed by atoms with E-state index in [0.717, 1.165) is 57.2 Å². The van der Waals surface area contributed by atoms with Crippen molar-refractivity contribution in [1.29, 1.82) is 0 Å². The molecular weight excluding hydrogens is 442 g/mol. The molecule has 0 saturated heterocycles. The van der Waals surface area contributed by atoms with E-state index < -0.39 is 0 Å². The van der Waals surface area contributed by atoms with Crippen LogP contribution in [0.25, 0.3) is 0 Å². The molecule has 2 atom stereocenters. The maximum Gasteiger partial charge on any atom is 0.188 e. The first-order chi connectivity index (χ1) is 16.5. The van der Waals surface area contributed by atoms with Crippen molar-refractivity contribution in [3.63, 3.8) is 0 Å². The van der Waals surface area contributed by atoms with Crippen LogP contribution in [0.2, 0.25) is 0 Å². The predicted molar refractivity (Wildman–Crippen MR) is 151 cm³/mol. The summed E-state index contributed by atoms with van der Waals surface area (Å²) in [6, 6.07) is 0. The van der Waals surface area contributed by atoms with Gasteiger partial charge in [-0.2, -0.15) is 0 Å². The highest BCUT2D eigenvalue weighted by Crippen LogP contribution is 2.14. The molecule has 4 nitrogen and oxygen atoms in total. The zero-order valence-electron chi connectivity index (χ0n) is 22.7. The number of unbranched alkanes of at least 4 members (excludes halogenated alkanes) is 11. The van der Waals surface area contributed by atoms with Crippen LogP contribution in [-0.2, 0) is 4.79 Å². The maximum atomic E-state index is 12.0. The van der Waals surface area contributed by atoms with Gasteiger partial charge in [0.1, 0.15) is 0 Å². The third-order valence-electron chi connectivity index (χ3n) is 6.41. The smallest absolute Gasteiger partial charge is 0.188 e. The lowest BCUT2D eigenvalue weighted by Crippen LogP contribution is -2.38. The van der Waals surface area contributed by atoms with Crippen molar-refractivity contribution in [2.24, 2.45) is 0 Å². The van der Waals surface area contributed by atoms with E-state index in [1.165, 1.54) is 76.0 Å². The van der Waals surface area contributed by atoms with E-state index in [4.69, 9.17) is 0 Å². The van der Waals surface area contributed by atoms with E-state index in [2.05, 4.69) is 25.3 Å². The van der Waals surface area contributed by atoms with Crippen molar-refractivity contribution in [1.82, 2.24) is 4.90 Å². The van der Waals surface area contributed by atoms with Crippen LogP contribution in [0.15, 0.2) is 12.7 Å². The number of thioether (sulfide) groups is 1. The Labute approximate surface area is 216 Å². The first-order valence-electron chi connectivity index (χ1n) is 14.4. The van der Waals surface area contributed by atoms with Crippen LogP contribution in [-0.4, -0.2) is 57.8 Å². The maximum absolute atomic E-state index is 12.0. The molecule has 0 aromatic heterocycles. The van der Waals surface area contributed by atoms with Crippen LogP contribution in [0.3, 0.4) is 0 Å². The Morgan fingerprint density at radius 1 is 0.794 bits per heavy atom. The first kappa shape index (κ1) is 33.6. The number of nitrogens with zero attached hydrogens (tertiary/aromatic N) is 1. The van der Waals surface area contributed by atoms with Gasteiger partial charge in [0.05, 0.1) is 12.2 Å². The fourth-order valence-electron chi connectivity index (χ4n) is 4.29. The van der Waals surface area contributed by atoms with Gasteiger partial charge in [-0.05, 0) is 38.6 Å². The van der Waals surface area contributed by atoms with Crippen LogP contribution < -0.4 is 0 Å². The molecule has 2 unspecified atom stereocenters. The number of carbonyl (C=O) groups excluding carboxylic acids is 1. The van der Waals surface area contributed by atoms with Gasteiger partial charge in [0.2, 0.25) is 0 Å². The molecule has 2 N–H and O–H groups in total. The SMILES string of the molecule is C=CCCSC(=O)CCCCN(CC(O)CCCCCCCC)CC(O)CCCCCCCC. The Hall–Kier alpha value is -0.360. The quantitative estimate of drug-likeness (QED) is 0.0952. The number of hydrogen-bond acceptors (Lipinski definition) is 5. The Kier molecular flexibility index (Phi) is 25.5. The zero-order chi connectivity index (χ0) is 25.3. The molecule has 0 fully saturated rings. The van der Waals surface area contributed by atoms with Crippen LogP contribution in [0.4, 0.5) is 0 Å². The molecule has 0 aromatic carbocycles. The van der Waals surface area contributed by atoms with Crippen molar-refractivity contribution >= 4 is 16.9 Å². The lowest BCUT2D eigenvalue weighted by atomic mass is 10.1. The summed E-state index contributed by atoms with van der Waals surface area (Å²) in [7, 11) is 0. The van der Waals surface area contributed by atoms with Crippen molar-refractivity contribution < 1.29 is 15.0 Å².